The van der Waals surface area contributed by atoms with Gasteiger partial charge in [-0.3, -0.25) is 4.79 Å². The normalized spacial score (nSPS) is 25.3. The number of hydrogen-bond acceptors (Lipinski definition) is 2. The van der Waals surface area contributed by atoms with Gasteiger partial charge in [0.1, 0.15) is 5.78 Å². The summed E-state index contributed by atoms with van der Waals surface area (Å²) in [5.74, 6) is 0.749. The van der Waals surface area contributed by atoms with Crippen molar-refractivity contribution in [2.75, 3.05) is 0 Å². The topological polar surface area (TPSA) is 43.1 Å². The highest BCUT2D eigenvalue weighted by molar-refractivity contribution is 5.81. The predicted molar refractivity (Wildman–Crippen MR) is 49.8 cm³/mol. The largest absolute Gasteiger partial charge is 0.322 e. The lowest BCUT2D eigenvalue weighted by atomic mass is 9.88. The van der Waals surface area contributed by atoms with Crippen molar-refractivity contribution in [1.82, 2.24) is 0 Å². The Hall–Kier alpha value is -0.630. The van der Waals surface area contributed by atoms with E-state index >= 15 is 0 Å². The van der Waals surface area contributed by atoms with Crippen molar-refractivity contribution < 1.29 is 4.79 Å². The van der Waals surface area contributed by atoms with Crippen LogP contribution in [0.15, 0.2) is 12.2 Å². The van der Waals surface area contributed by atoms with Gasteiger partial charge in [0.2, 0.25) is 0 Å². The quantitative estimate of drug-likeness (QED) is 0.649. The zero-order valence-electron chi connectivity index (χ0n) is 7.62. The first-order chi connectivity index (χ1) is 5.70. The monoisotopic (exact) mass is 167 g/mol. The molecule has 2 atom stereocenters. The molecule has 2 unspecified atom stereocenters. The van der Waals surface area contributed by atoms with Crippen LogP contribution in [0.25, 0.3) is 0 Å². The van der Waals surface area contributed by atoms with Crippen molar-refractivity contribution in [3.8, 4) is 0 Å². The maximum absolute atomic E-state index is 10.9. The third-order valence-electron chi connectivity index (χ3n) is 2.49. The highest BCUT2D eigenvalue weighted by atomic mass is 16.1. The summed E-state index contributed by atoms with van der Waals surface area (Å²) in [6, 6.07) is -0.235. The fraction of sp³-hybridized carbons (Fsp3) is 0.700. The van der Waals surface area contributed by atoms with Crippen LogP contribution in [0, 0.1) is 5.92 Å². The van der Waals surface area contributed by atoms with Gasteiger partial charge in [-0.05, 0) is 38.5 Å². The van der Waals surface area contributed by atoms with Gasteiger partial charge in [-0.15, -0.1) is 0 Å². The number of ketones is 1. The number of Topliss-reactive ketones (excluding diaryl/α,β-unsaturated/α-hetero) is 1. The van der Waals surface area contributed by atoms with E-state index in [1.807, 2.05) is 0 Å². The SMILES string of the molecule is CC(=O)C(N)CC1CC=CCC1. The number of carbonyl (C=O) groups is 1. The Balaban J connectivity index is 2.30. The minimum absolute atomic E-state index is 0.115. The molecule has 0 bridgehead atoms. The van der Waals surface area contributed by atoms with Crippen LogP contribution in [0.2, 0.25) is 0 Å². The number of carbonyl (C=O) groups excluding carboxylic acids is 1. The van der Waals surface area contributed by atoms with Crippen molar-refractivity contribution in [2.24, 2.45) is 11.7 Å². The molecule has 0 aliphatic heterocycles. The highest BCUT2D eigenvalue weighted by Gasteiger charge is 2.16. The predicted octanol–water partition coefficient (Wildman–Crippen LogP) is 1.65. The van der Waals surface area contributed by atoms with Crippen molar-refractivity contribution in [2.45, 2.75) is 38.6 Å². The fourth-order valence-electron chi connectivity index (χ4n) is 1.60. The molecule has 0 radical (unpaired) electrons. The third kappa shape index (κ3) is 2.78. The number of nitrogens with two attached hydrogens (primary N) is 1. The standard InChI is InChI=1S/C10H17NO/c1-8(12)10(11)7-9-5-3-2-4-6-9/h2-3,9-10H,4-7,11H2,1H3. The van der Waals surface area contributed by atoms with E-state index in [4.69, 9.17) is 5.73 Å². The molecule has 1 aliphatic carbocycles. The number of hydrogen-bond donors (Lipinski definition) is 1. The Morgan fingerprint density at radius 2 is 2.42 bits per heavy atom. The molecule has 1 rings (SSSR count). The molecule has 0 aromatic rings. The van der Waals surface area contributed by atoms with Crippen molar-refractivity contribution in [1.29, 1.82) is 0 Å². The Morgan fingerprint density at radius 1 is 1.67 bits per heavy atom. The summed E-state index contributed by atoms with van der Waals surface area (Å²) in [4.78, 5) is 10.9. The Labute approximate surface area is 73.8 Å². The van der Waals surface area contributed by atoms with E-state index in [1.54, 1.807) is 6.92 Å². The lowest BCUT2D eigenvalue weighted by Gasteiger charge is -2.19. The molecule has 0 spiro atoms. The first kappa shape index (κ1) is 9.46. The van der Waals surface area contributed by atoms with E-state index in [1.165, 1.54) is 6.42 Å². The lowest BCUT2D eigenvalue weighted by Crippen LogP contribution is -2.31. The molecule has 0 aromatic carbocycles. The number of allylic oxidation sites excluding steroid dienone is 2. The van der Waals surface area contributed by atoms with Gasteiger partial charge >= 0.3 is 0 Å². The first-order valence-corrected chi connectivity index (χ1v) is 4.61. The molecule has 12 heavy (non-hydrogen) atoms. The second kappa shape index (κ2) is 4.41. The van der Waals surface area contributed by atoms with Crippen LogP contribution in [0.1, 0.15) is 32.6 Å². The molecule has 0 amide bonds. The van der Waals surface area contributed by atoms with Gasteiger partial charge in [-0.1, -0.05) is 12.2 Å². The van der Waals surface area contributed by atoms with Gasteiger partial charge < -0.3 is 5.73 Å². The molecule has 2 nitrogen and oxygen atoms in total. The summed E-state index contributed by atoms with van der Waals surface area (Å²) in [7, 11) is 0. The second-order valence-corrected chi connectivity index (χ2v) is 3.60. The van der Waals surface area contributed by atoms with Gasteiger partial charge in [-0.2, -0.15) is 0 Å². The molecule has 0 aromatic heterocycles. The molecule has 68 valence electrons. The van der Waals surface area contributed by atoms with Crippen molar-refractivity contribution in [3.05, 3.63) is 12.2 Å². The van der Waals surface area contributed by atoms with Gasteiger partial charge in [0, 0.05) is 0 Å². The van der Waals surface area contributed by atoms with Gasteiger partial charge in [-0.25, -0.2) is 0 Å². The van der Waals surface area contributed by atoms with Crippen LogP contribution < -0.4 is 5.73 Å². The molecule has 1 aliphatic rings. The summed E-state index contributed by atoms with van der Waals surface area (Å²) in [6.07, 6.45) is 8.70. The van der Waals surface area contributed by atoms with Gasteiger partial charge in [0.05, 0.1) is 6.04 Å². The van der Waals surface area contributed by atoms with Crippen LogP contribution in [-0.2, 0) is 4.79 Å². The first-order valence-electron chi connectivity index (χ1n) is 4.61. The average molecular weight is 167 g/mol. The maximum atomic E-state index is 10.9. The number of rotatable bonds is 3. The molecular formula is C10H17NO. The zero-order valence-corrected chi connectivity index (χ0v) is 7.62. The minimum atomic E-state index is -0.235. The van der Waals surface area contributed by atoms with Gasteiger partial charge in [0.25, 0.3) is 0 Å². The molecule has 2 heteroatoms. The molecule has 2 N–H and O–H groups in total. The second-order valence-electron chi connectivity index (χ2n) is 3.60. The van der Waals surface area contributed by atoms with E-state index in [9.17, 15) is 4.79 Å². The molecule has 0 saturated carbocycles. The van der Waals surface area contributed by atoms with E-state index in [0.29, 0.717) is 5.92 Å². The van der Waals surface area contributed by atoms with Crippen LogP contribution in [0.4, 0.5) is 0 Å². The van der Waals surface area contributed by atoms with E-state index in [2.05, 4.69) is 12.2 Å². The van der Waals surface area contributed by atoms with Gasteiger partial charge in [0.15, 0.2) is 0 Å². The molecular weight excluding hydrogens is 150 g/mol. The van der Waals surface area contributed by atoms with Crippen molar-refractivity contribution in [3.63, 3.8) is 0 Å². The van der Waals surface area contributed by atoms with E-state index in [-0.39, 0.29) is 11.8 Å². The average Bonchev–Trinajstić information content (AvgIpc) is 2.06. The maximum Gasteiger partial charge on any atom is 0.146 e. The smallest absolute Gasteiger partial charge is 0.146 e. The third-order valence-corrected chi connectivity index (χ3v) is 2.49. The van der Waals surface area contributed by atoms with Crippen LogP contribution in [-0.4, -0.2) is 11.8 Å². The molecule has 0 heterocycles. The summed E-state index contributed by atoms with van der Waals surface area (Å²) in [5.41, 5.74) is 5.67. The highest BCUT2D eigenvalue weighted by Crippen LogP contribution is 2.22. The van der Waals surface area contributed by atoms with Crippen LogP contribution in [0.5, 0.6) is 0 Å². The minimum Gasteiger partial charge on any atom is -0.322 e. The van der Waals surface area contributed by atoms with E-state index in [0.717, 1.165) is 19.3 Å². The van der Waals surface area contributed by atoms with E-state index < -0.39 is 0 Å². The zero-order chi connectivity index (χ0) is 8.97. The fourth-order valence-corrected chi connectivity index (χ4v) is 1.60. The van der Waals surface area contributed by atoms with Crippen molar-refractivity contribution >= 4 is 5.78 Å². The Bertz CT molecular complexity index is 186. The van der Waals surface area contributed by atoms with Crippen LogP contribution in [0.3, 0.4) is 0 Å². The Kier molecular flexibility index (Phi) is 3.48. The summed E-state index contributed by atoms with van der Waals surface area (Å²) >= 11 is 0. The molecule has 0 fully saturated rings. The summed E-state index contributed by atoms with van der Waals surface area (Å²) in [5, 5.41) is 0. The van der Waals surface area contributed by atoms with Crippen LogP contribution >= 0.6 is 0 Å². The summed E-state index contributed by atoms with van der Waals surface area (Å²) < 4.78 is 0. The summed E-state index contributed by atoms with van der Waals surface area (Å²) in [6.45, 7) is 1.57. The Morgan fingerprint density at radius 3 is 2.92 bits per heavy atom. The lowest BCUT2D eigenvalue weighted by molar-refractivity contribution is -0.118. The molecule has 0 saturated heterocycles.